The van der Waals surface area contributed by atoms with E-state index >= 15 is 4.39 Å². The summed E-state index contributed by atoms with van der Waals surface area (Å²) in [6, 6.07) is 13.1. The van der Waals surface area contributed by atoms with Gasteiger partial charge in [0.25, 0.3) is 0 Å². The number of aryl methyl sites for hydroxylation is 2. The molecule has 174 valence electrons. The van der Waals surface area contributed by atoms with Crippen LogP contribution in [0.3, 0.4) is 0 Å². The first-order valence-corrected chi connectivity index (χ1v) is 11.0. The second-order valence-electron chi connectivity index (χ2n) is 8.25. The Balaban J connectivity index is 1.73. The number of H-pyrrole nitrogens is 1. The molecule has 0 saturated carbocycles. The van der Waals surface area contributed by atoms with Gasteiger partial charge in [-0.25, -0.2) is 23.7 Å². The number of halogens is 2. The van der Waals surface area contributed by atoms with Crippen LogP contribution in [-0.2, 0) is 0 Å². The van der Waals surface area contributed by atoms with Gasteiger partial charge in [-0.2, -0.15) is 10.4 Å². The Morgan fingerprint density at radius 3 is 2.47 bits per heavy atom. The number of nitrogens with zero attached hydrogens (tertiary/aromatic N) is 7. The highest BCUT2D eigenvalue weighted by Crippen LogP contribution is 2.36. The number of hydrogen-bond donors (Lipinski definition) is 1. The predicted molar refractivity (Wildman–Crippen MR) is 129 cm³/mol. The molecule has 4 heterocycles. The maximum Gasteiger partial charge on any atom is 0.183 e. The molecule has 0 aliphatic rings. The summed E-state index contributed by atoms with van der Waals surface area (Å²) in [5.41, 5.74) is 3.98. The molecule has 6 rings (SSSR count). The highest BCUT2D eigenvalue weighted by atomic mass is 19.1. The lowest BCUT2D eigenvalue weighted by Crippen LogP contribution is -2.01. The monoisotopic (exact) mass is 478 g/mol. The highest BCUT2D eigenvalue weighted by Gasteiger charge is 2.21. The third-order valence-corrected chi connectivity index (χ3v) is 5.98. The van der Waals surface area contributed by atoms with Crippen LogP contribution < -0.4 is 0 Å². The number of nitrogens with one attached hydrogen (secondary N) is 1. The Kier molecular flexibility index (Phi) is 4.79. The number of aromatic amines is 1. The number of benzene rings is 2. The Labute approximate surface area is 202 Å². The molecule has 0 amide bonds. The van der Waals surface area contributed by atoms with E-state index in [2.05, 4.69) is 31.2 Å². The van der Waals surface area contributed by atoms with Crippen LogP contribution in [0.1, 0.15) is 17.3 Å². The van der Waals surface area contributed by atoms with Crippen molar-refractivity contribution in [3.63, 3.8) is 0 Å². The van der Waals surface area contributed by atoms with E-state index in [0.29, 0.717) is 39.8 Å². The topological polar surface area (TPSA) is 109 Å². The summed E-state index contributed by atoms with van der Waals surface area (Å²) in [4.78, 5) is 17.4. The fourth-order valence-corrected chi connectivity index (χ4v) is 4.43. The number of fused-ring (bicyclic) bond motifs is 2. The molecule has 0 atom stereocenters. The molecule has 4 aromatic heterocycles. The molecule has 0 fully saturated rings. The maximum atomic E-state index is 15.0. The zero-order chi connectivity index (χ0) is 25.0. The minimum absolute atomic E-state index is 0.0521. The zero-order valence-electron chi connectivity index (χ0n) is 19.1. The number of imidazole rings is 1. The molecule has 0 radical (unpaired) electrons. The fraction of sp³-hybridized carbons (Fsp3) is 0.0769. The van der Waals surface area contributed by atoms with Crippen molar-refractivity contribution in [3.8, 4) is 34.3 Å². The van der Waals surface area contributed by atoms with Gasteiger partial charge in [0.1, 0.15) is 46.1 Å². The summed E-state index contributed by atoms with van der Waals surface area (Å²) < 4.78 is 31.3. The summed E-state index contributed by atoms with van der Waals surface area (Å²) in [6.07, 6.45) is 3.00. The lowest BCUT2D eigenvalue weighted by Gasteiger charge is -2.13. The SMILES string of the molecule is Cc1nc(-c2cc(-c3ccnc(C#N)c3)cc3c2nc(C)n3-c2ccnc3c(F)ccc(F)c23)n[nH]1. The molecule has 2 aromatic carbocycles. The Morgan fingerprint density at radius 2 is 1.69 bits per heavy atom. The second-order valence-corrected chi connectivity index (χ2v) is 8.25. The lowest BCUT2D eigenvalue weighted by molar-refractivity contribution is 0.615. The molecular weight excluding hydrogens is 462 g/mol. The number of rotatable bonds is 3. The second kappa shape index (κ2) is 8.02. The van der Waals surface area contributed by atoms with Crippen LogP contribution in [0, 0.1) is 36.8 Å². The van der Waals surface area contributed by atoms with Gasteiger partial charge in [-0.3, -0.25) is 14.6 Å². The Bertz CT molecular complexity index is 1860. The summed E-state index contributed by atoms with van der Waals surface area (Å²) in [6.45, 7) is 3.58. The molecule has 6 aromatic rings. The van der Waals surface area contributed by atoms with Crippen molar-refractivity contribution in [3.05, 3.63) is 83.8 Å². The van der Waals surface area contributed by atoms with Gasteiger partial charge in [0, 0.05) is 18.0 Å². The van der Waals surface area contributed by atoms with Crippen LogP contribution in [0.15, 0.2) is 54.9 Å². The highest BCUT2D eigenvalue weighted by molar-refractivity contribution is 5.98. The third kappa shape index (κ3) is 3.29. The molecule has 0 saturated heterocycles. The van der Waals surface area contributed by atoms with Gasteiger partial charge in [0.05, 0.1) is 16.6 Å². The van der Waals surface area contributed by atoms with Crippen molar-refractivity contribution in [2.75, 3.05) is 0 Å². The van der Waals surface area contributed by atoms with Crippen LogP contribution >= 0.6 is 0 Å². The van der Waals surface area contributed by atoms with Crippen LogP contribution in [0.25, 0.3) is 50.1 Å². The molecule has 36 heavy (non-hydrogen) atoms. The molecule has 1 N–H and O–H groups in total. The van der Waals surface area contributed by atoms with Gasteiger partial charge in [0.15, 0.2) is 5.82 Å². The maximum absolute atomic E-state index is 15.0. The van der Waals surface area contributed by atoms with Crippen molar-refractivity contribution >= 4 is 21.9 Å². The standard InChI is InChI=1S/C26H16F2N8/c1-13-32-26(35-34-13)18-10-16(15-5-7-30-17(9-15)12-29)11-22-24(18)33-14(2)36(22)21-6-8-31-25-20(28)4-3-19(27)23(21)25/h3-11H,1-2H3,(H,32,34,35). The number of hydrogen-bond acceptors (Lipinski definition) is 6. The molecule has 0 spiro atoms. The van der Waals surface area contributed by atoms with E-state index < -0.39 is 11.6 Å². The fourth-order valence-electron chi connectivity index (χ4n) is 4.43. The van der Waals surface area contributed by atoms with Gasteiger partial charge >= 0.3 is 0 Å². The smallest absolute Gasteiger partial charge is 0.183 e. The van der Waals surface area contributed by atoms with Crippen LogP contribution in [-0.4, -0.2) is 34.7 Å². The van der Waals surface area contributed by atoms with Crippen LogP contribution in [0.5, 0.6) is 0 Å². The zero-order valence-corrected chi connectivity index (χ0v) is 19.1. The number of aromatic nitrogens is 7. The summed E-state index contributed by atoms with van der Waals surface area (Å²) >= 11 is 0. The molecular formula is C26H16F2N8. The van der Waals surface area contributed by atoms with Crippen molar-refractivity contribution in [1.82, 2.24) is 34.7 Å². The van der Waals surface area contributed by atoms with E-state index in [0.717, 1.165) is 23.3 Å². The van der Waals surface area contributed by atoms with Crippen LogP contribution in [0.4, 0.5) is 8.78 Å². The van der Waals surface area contributed by atoms with Crippen molar-refractivity contribution in [1.29, 1.82) is 5.26 Å². The Morgan fingerprint density at radius 1 is 0.889 bits per heavy atom. The van der Waals surface area contributed by atoms with Crippen molar-refractivity contribution in [2.45, 2.75) is 13.8 Å². The van der Waals surface area contributed by atoms with Crippen LogP contribution in [0.2, 0.25) is 0 Å². The van der Waals surface area contributed by atoms with Crippen molar-refractivity contribution in [2.24, 2.45) is 0 Å². The minimum Gasteiger partial charge on any atom is -0.296 e. The van der Waals surface area contributed by atoms with E-state index in [-0.39, 0.29) is 16.6 Å². The number of nitriles is 1. The molecule has 10 heteroatoms. The van der Waals surface area contributed by atoms with E-state index in [1.807, 2.05) is 12.1 Å². The van der Waals surface area contributed by atoms with E-state index in [9.17, 15) is 9.65 Å². The van der Waals surface area contributed by atoms with Gasteiger partial charge in [-0.15, -0.1) is 0 Å². The molecule has 0 bridgehead atoms. The van der Waals surface area contributed by atoms with Gasteiger partial charge in [0.2, 0.25) is 0 Å². The molecule has 0 aliphatic carbocycles. The average Bonchev–Trinajstić information content (AvgIpc) is 3.47. The van der Waals surface area contributed by atoms with E-state index in [1.54, 1.807) is 42.8 Å². The first-order chi connectivity index (χ1) is 17.4. The van der Waals surface area contributed by atoms with E-state index in [4.69, 9.17) is 4.98 Å². The van der Waals surface area contributed by atoms with Gasteiger partial charge in [-0.1, -0.05) is 0 Å². The normalized spacial score (nSPS) is 11.3. The van der Waals surface area contributed by atoms with Crippen molar-refractivity contribution < 1.29 is 8.78 Å². The molecule has 0 aliphatic heterocycles. The molecule has 8 nitrogen and oxygen atoms in total. The largest absolute Gasteiger partial charge is 0.296 e. The Hall–Kier alpha value is -5.04. The molecule has 0 unspecified atom stereocenters. The minimum atomic E-state index is -0.617. The van der Waals surface area contributed by atoms with Gasteiger partial charge < -0.3 is 0 Å². The van der Waals surface area contributed by atoms with Gasteiger partial charge in [-0.05, 0) is 67.4 Å². The lowest BCUT2D eigenvalue weighted by atomic mass is 10.0. The first-order valence-electron chi connectivity index (χ1n) is 11.0. The summed E-state index contributed by atoms with van der Waals surface area (Å²) in [5.74, 6) is 0.418. The quantitative estimate of drug-likeness (QED) is 0.375. The third-order valence-electron chi connectivity index (χ3n) is 5.98. The predicted octanol–water partition coefficient (Wildman–Crippen LogP) is 5.19. The average molecular weight is 478 g/mol. The number of pyridine rings is 2. The summed E-state index contributed by atoms with van der Waals surface area (Å²) in [5, 5.41) is 16.6. The first kappa shape index (κ1) is 21.5. The van der Waals surface area contributed by atoms with E-state index in [1.165, 1.54) is 6.20 Å². The summed E-state index contributed by atoms with van der Waals surface area (Å²) in [7, 11) is 0.